The molecule has 1 amide bonds. The van der Waals surface area contributed by atoms with Crippen LogP contribution in [0.4, 0.5) is 13.2 Å². The van der Waals surface area contributed by atoms with Crippen LogP contribution in [-0.4, -0.2) is 48.7 Å². The molecule has 2 unspecified atom stereocenters. The highest BCUT2D eigenvalue weighted by Gasteiger charge is 2.40. The van der Waals surface area contributed by atoms with Gasteiger partial charge in [0, 0.05) is 5.56 Å². The second-order valence-electron chi connectivity index (χ2n) is 9.12. The summed E-state index contributed by atoms with van der Waals surface area (Å²) in [5, 5.41) is 30.2. The summed E-state index contributed by atoms with van der Waals surface area (Å²) in [6.45, 7) is 3.65. The van der Waals surface area contributed by atoms with E-state index in [4.69, 9.17) is 4.52 Å². The van der Waals surface area contributed by atoms with Gasteiger partial charge in [0.2, 0.25) is 5.82 Å². The topological polar surface area (TPSA) is 126 Å². The van der Waals surface area contributed by atoms with Crippen LogP contribution in [-0.2, 0) is 11.0 Å². The van der Waals surface area contributed by atoms with Crippen molar-refractivity contribution in [3.8, 4) is 28.5 Å². The molecule has 12 heteroatoms. The van der Waals surface area contributed by atoms with Crippen molar-refractivity contribution in [3.63, 3.8) is 0 Å². The Morgan fingerprint density at radius 2 is 1.79 bits per heavy atom. The number of hydrogen-bond acceptors (Lipinski definition) is 7. The Bertz CT molecular complexity index is 1370. The maximum absolute atomic E-state index is 14.0. The number of aromatic nitrogens is 4. The molecule has 2 atom stereocenters. The summed E-state index contributed by atoms with van der Waals surface area (Å²) in [4.78, 5) is 16.5. The smallest absolute Gasteiger partial charge is 0.394 e. The molecular weight excluding hydrogens is 503 g/mol. The molecule has 2 heterocycles. The number of halogens is 3. The van der Waals surface area contributed by atoms with Crippen molar-refractivity contribution in [1.82, 2.24) is 25.2 Å². The highest BCUT2D eigenvalue weighted by Crippen LogP contribution is 2.38. The lowest BCUT2D eigenvalue weighted by Crippen LogP contribution is -2.41. The number of nitrogens with zero attached hydrogens (tertiary/aromatic N) is 4. The Kier molecular flexibility index (Phi) is 7.93. The van der Waals surface area contributed by atoms with E-state index in [1.807, 2.05) is 13.8 Å². The van der Waals surface area contributed by atoms with Crippen LogP contribution in [0.15, 0.2) is 65.3 Å². The average Bonchev–Trinajstić information content (AvgIpc) is 3.56. The van der Waals surface area contributed by atoms with E-state index in [-0.39, 0.29) is 41.1 Å². The minimum absolute atomic E-state index is 0.0170. The van der Waals surface area contributed by atoms with Crippen molar-refractivity contribution >= 4 is 5.91 Å². The van der Waals surface area contributed by atoms with Gasteiger partial charge in [0.1, 0.15) is 0 Å². The maximum atomic E-state index is 14.0. The minimum Gasteiger partial charge on any atom is -0.394 e. The Morgan fingerprint density at radius 3 is 2.39 bits per heavy atom. The van der Waals surface area contributed by atoms with Crippen LogP contribution >= 0.6 is 0 Å². The van der Waals surface area contributed by atoms with Gasteiger partial charge in [0.15, 0.2) is 11.8 Å². The number of benzene rings is 2. The van der Waals surface area contributed by atoms with E-state index in [0.29, 0.717) is 12.0 Å². The van der Waals surface area contributed by atoms with Gasteiger partial charge in [-0.25, -0.2) is 4.68 Å². The van der Waals surface area contributed by atoms with Gasteiger partial charge < -0.3 is 20.1 Å². The molecule has 0 spiro atoms. The summed E-state index contributed by atoms with van der Waals surface area (Å²) in [5.41, 5.74) is -0.530. The summed E-state index contributed by atoms with van der Waals surface area (Å²) in [6, 6.07) is 13.4. The third-order valence-corrected chi connectivity index (χ3v) is 5.75. The van der Waals surface area contributed by atoms with Crippen LogP contribution in [0, 0.1) is 5.92 Å². The second kappa shape index (κ2) is 11.2. The second-order valence-corrected chi connectivity index (χ2v) is 9.12. The molecule has 0 radical (unpaired) electrons. The molecule has 0 aliphatic heterocycles. The molecule has 9 nitrogen and oxygen atoms in total. The van der Waals surface area contributed by atoms with E-state index in [1.54, 1.807) is 18.2 Å². The van der Waals surface area contributed by atoms with Gasteiger partial charge in [-0.15, -0.1) is 0 Å². The minimum atomic E-state index is -4.75. The SMILES string of the molecule is CC(C)CC(CO)NC(=O)C(O)c1ccc(-c2noc(-c3cnn(-c4ccccc4)c3C(F)(F)F)n2)cc1. The summed E-state index contributed by atoms with van der Waals surface area (Å²) in [5.74, 6) is -0.764. The molecule has 0 fully saturated rings. The van der Waals surface area contributed by atoms with Crippen molar-refractivity contribution in [2.75, 3.05) is 6.61 Å². The fourth-order valence-corrected chi connectivity index (χ4v) is 3.99. The lowest BCUT2D eigenvalue weighted by Gasteiger charge is -2.20. The van der Waals surface area contributed by atoms with Crippen LogP contribution in [0.25, 0.3) is 28.5 Å². The first kappa shape index (κ1) is 27.0. The molecule has 3 N–H and O–H groups in total. The molecule has 4 aromatic rings. The Morgan fingerprint density at radius 1 is 1.11 bits per heavy atom. The van der Waals surface area contributed by atoms with Gasteiger partial charge in [0.25, 0.3) is 11.8 Å². The number of alkyl halides is 3. The number of hydrogen-bond donors (Lipinski definition) is 3. The van der Waals surface area contributed by atoms with Crippen molar-refractivity contribution in [3.05, 3.63) is 72.1 Å². The molecule has 4 rings (SSSR count). The van der Waals surface area contributed by atoms with Crippen molar-refractivity contribution in [1.29, 1.82) is 0 Å². The third-order valence-electron chi connectivity index (χ3n) is 5.75. The summed E-state index contributed by atoms with van der Waals surface area (Å²) < 4.78 is 47.8. The first-order valence-electron chi connectivity index (χ1n) is 11.8. The average molecular weight is 530 g/mol. The van der Waals surface area contributed by atoms with Crippen molar-refractivity contribution in [2.24, 2.45) is 5.92 Å². The Balaban J connectivity index is 1.55. The van der Waals surface area contributed by atoms with Crippen LogP contribution in [0.5, 0.6) is 0 Å². The van der Waals surface area contributed by atoms with E-state index in [0.717, 1.165) is 10.9 Å². The van der Waals surface area contributed by atoms with Gasteiger partial charge in [-0.3, -0.25) is 4.79 Å². The molecule has 2 aromatic heterocycles. The van der Waals surface area contributed by atoms with Gasteiger partial charge in [-0.1, -0.05) is 61.5 Å². The summed E-state index contributed by atoms with van der Waals surface area (Å²) in [6.07, 6.45) is -4.67. The largest absolute Gasteiger partial charge is 0.434 e. The molecule has 38 heavy (non-hydrogen) atoms. The van der Waals surface area contributed by atoms with E-state index in [2.05, 4.69) is 20.6 Å². The number of carbonyl (C=O) groups excluding carboxylic acids is 1. The van der Waals surface area contributed by atoms with E-state index >= 15 is 0 Å². The van der Waals surface area contributed by atoms with Gasteiger partial charge in [0.05, 0.1) is 30.1 Å². The van der Waals surface area contributed by atoms with Crippen LogP contribution in [0.2, 0.25) is 0 Å². The van der Waals surface area contributed by atoms with Gasteiger partial charge in [-0.2, -0.15) is 23.3 Å². The highest BCUT2D eigenvalue weighted by molar-refractivity contribution is 5.82. The number of carbonyl (C=O) groups is 1. The normalized spacial score (nSPS) is 13.5. The predicted molar refractivity (Wildman–Crippen MR) is 131 cm³/mol. The van der Waals surface area contributed by atoms with E-state index in [9.17, 15) is 28.2 Å². The number of aliphatic hydroxyl groups excluding tert-OH is 2. The molecule has 0 saturated carbocycles. The van der Waals surface area contributed by atoms with Crippen LogP contribution in [0.3, 0.4) is 0 Å². The maximum Gasteiger partial charge on any atom is 0.434 e. The van der Waals surface area contributed by atoms with Gasteiger partial charge >= 0.3 is 6.18 Å². The fraction of sp³-hybridized carbons (Fsp3) is 0.308. The lowest BCUT2D eigenvalue weighted by molar-refractivity contribution is -0.142. The van der Waals surface area contributed by atoms with Gasteiger partial charge in [-0.05, 0) is 30.0 Å². The Labute approximate surface area is 215 Å². The first-order chi connectivity index (χ1) is 18.1. The zero-order valence-corrected chi connectivity index (χ0v) is 20.6. The number of rotatable bonds is 9. The van der Waals surface area contributed by atoms with E-state index in [1.165, 1.54) is 36.4 Å². The van der Waals surface area contributed by atoms with Crippen molar-refractivity contribution in [2.45, 2.75) is 38.6 Å². The molecule has 0 bridgehead atoms. The highest BCUT2D eigenvalue weighted by atomic mass is 19.4. The molecule has 0 aliphatic carbocycles. The summed E-state index contributed by atoms with van der Waals surface area (Å²) in [7, 11) is 0. The molecule has 2 aromatic carbocycles. The number of para-hydroxylation sites is 1. The van der Waals surface area contributed by atoms with E-state index < -0.39 is 29.9 Å². The number of aliphatic hydroxyl groups is 2. The molecule has 0 saturated heterocycles. The monoisotopic (exact) mass is 529 g/mol. The standard InChI is InChI=1S/C26H26F3N5O4/c1-15(2)12-18(14-35)31-24(37)21(36)16-8-10-17(11-9-16)23-32-25(38-33-23)20-13-30-34(22(20)26(27,28)29)19-6-4-3-5-7-19/h3-11,13,15,18,21,35-36H,12,14H2,1-2H3,(H,31,37). The Hall–Kier alpha value is -4.03. The summed E-state index contributed by atoms with van der Waals surface area (Å²) >= 11 is 0. The zero-order chi connectivity index (χ0) is 27.4. The predicted octanol–water partition coefficient (Wildman–Crippen LogP) is 4.16. The fourth-order valence-electron chi connectivity index (χ4n) is 3.99. The number of amides is 1. The first-order valence-corrected chi connectivity index (χ1v) is 11.8. The lowest BCUT2D eigenvalue weighted by atomic mass is 10.0. The van der Waals surface area contributed by atoms with Crippen LogP contribution < -0.4 is 5.32 Å². The van der Waals surface area contributed by atoms with Crippen molar-refractivity contribution < 1.29 is 32.7 Å². The number of nitrogens with one attached hydrogen (secondary N) is 1. The zero-order valence-electron chi connectivity index (χ0n) is 20.6. The molecule has 0 aliphatic rings. The molecule has 200 valence electrons. The quantitative estimate of drug-likeness (QED) is 0.297. The third kappa shape index (κ3) is 5.92. The van der Waals surface area contributed by atoms with Crippen LogP contribution in [0.1, 0.15) is 37.6 Å². The molecular formula is C26H26F3N5O4.